The zero-order valence-electron chi connectivity index (χ0n) is 11.6. The van der Waals surface area contributed by atoms with Crippen molar-refractivity contribution in [3.8, 4) is 0 Å². The molecule has 1 aliphatic rings. The van der Waals surface area contributed by atoms with Crippen molar-refractivity contribution in [1.82, 2.24) is 4.90 Å². The summed E-state index contributed by atoms with van der Waals surface area (Å²) in [5.74, 6) is -3.47. The standard InChI is InChI=1S/C14H13F4NO3/c1-8-2-3-9(6-10(8)15)11(20)19-5-4-13(7-19,12(21)22)14(16,17)18/h2-3,6H,4-5,7H2,1H3,(H,21,22). The third-order valence-corrected chi connectivity index (χ3v) is 3.93. The van der Waals surface area contributed by atoms with Crippen LogP contribution in [0.1, 0.15) is 22.3 Å². The van der Waals surface area contributed by atoms with Crippen molar-refractivity contribution in [2.75, 3.05) is 13.1 Å². The zero-order valence-corrected chi connectivity index (χ0v) is 11.6. The molecule has 1 aromatic carbocycles. The van der Waals surface area contributed by atoms with Crippen LogP contribution in [-0.2, 0) is 4.79 Å². The minimum absolute atomic E-state index is 0.105. The number of hydrogen-bond acceptors (Lipinski definition) is 2. The number of amides is 1. The summed E-state index contributed by atoms with van der Waals surface area (Å²) >= 11 is 0. The van der Waals surface area contributed by atoms with Crippen LogP contribution in [0, 0.1) is 18.2 Å². The molecule has 1 N–H and O–H groups in total. The first-order valence-corrected chi connectivity index (χ1v) is 6.44. The molecule has 120 valence electrons. The Labute approximate surface area is 123 Å². The van der Waals surface area contributed by atoms with Gasteiger partial charge in [0, 0.05) is 18.7 Å². The number of rotatable bonds is 2. The summed E-state index contributed by atoms with van der Waals surface area (Å²) in [6.45, 7) is 0.166. The molecule has 1 atom stereocenters. The Kier molecular flexibility index (Phi) is 3.88. The number of nitrogens with zero attached hydrogens (tertiary/aromatic N) is 1. The number of likely N-dealkylation sites (tertiary alicyclic amines) is 1. The number of carbonyl (C=O) groups is 2. The van der Waals surface area contributed by atoms with Crippen molar-refractivity contribution in [2.45, 2.75) is 19.5 Å². The van der Waals surface area contributed by atoms with E-state index in [1.807, 2.05) is 0 Å². The van der Waals surface area contributed by atoms with Gasteiger partial charge in [-0.3, -0.25) is 9.59 Å². The van der Waals surface area contributed by atoms with Crippen molar-refractivity contribution < 1.29 is 32.3 Å². The third kappa shape index (κ3) is 2.53. The Morgan fingerprint density at radius 2 is 1.95 bits per heavy atom. The number of alkyl halides is 3. The highest BCUT2D eigenvalue weighted by Crippen LogP contribution is 2.46. The minimum atomic E-state index is -4.97. The number of carbonyl (C=O) groups excluding carboxylic acids is 1. The van der Waals surface area contributed by atoms with Crippen LogP contribution in [0.4, 0.5) is 17.6 Å². The molecule has 1 fully saturated rings. The quantitative estimate of drug-likeness (QED) is 0.853. The van der Waals surface area contributed by atoms with Gasteiger partial charge in [0.25, 0.3) is 5.91 Å². The van der Waals surface area contributed by atoms with Gasteiger partial charge >= 0.3 is 12.1 Å². The monoisotopic (exact) mass is 319 g/mol. The van der Waals surface area contributed by atoms with Crippen LogP contribution in [0.15, 0.2) is 18.2 Å². The topological polar surface area (TPSA) is 57.6 Å². The third-order valence-electron chi connectivity index (χ3n) is 3.93. The normalized spacial score (nSPS) is 22.0. The predicted molar refractivity (Wildman–Crippen MR) is 67.8 cm³/mol. The van der Waals surface area contributed by atoms with Crippen LogP contribution in [0.25, 0.3) is 0 Å². The molecule has 2 rings (SSSR count). The number of aryl methyl sites for hydroxylation is 1. The lowest BCUT2D eigenvalue weighted by atomic mass is 9.86. The number of carboxylic acid groups (broad SMARTS) is 1. The lowest BCUT2D eigenvalue weighted by Gasteiger charge is -2.27. The van der Waals surface area contributed by atoms with E-state index in [4.69, 9.17) is 5.11 Å². The van der Waals surface area contributed by atoms with Crippen LogP contribution in [0.2, 0.25) is 0 Å². The van der Waals surface area contributed by atoms with Crippen LogP contribution >= 0.6 is 0 Å². The molecule has 1 aromatic rings. The number of carboxylic acids is 1. The van der Waals surface area contributed by atoms with Crippen LogP contribution < -0.4 is 0 Å². The largest absolute Gasteiger partial charge is 0.481 e. The SMILES string of the molecule is Cc1ccc(C(=O)N2CCC(C(=O)O)(C(F)(F)F)C2)cc1F. The van der Waals surface area contributed by atoms with Gasteiger partial charge in [0.2, 0.25) is 0 Å². The average molecular weight is 319 g/mol. The lowest BCUT2D eigenvalue weighted by Crippen LogP contribution is -2.47. The van der Waals surface area contributed by atoms with Crippen molar-refractivity contribution in [2.24, 2.45) is 5.41 Å². The molecular formula is C14H13F4NO3. The summed E-state index contributed by atoms with van der Waals surface area (Å²) in [5.41, 5.74) is -2.77. The maximum absolute atomic E-state index is 13.5. The summed E-state index contributed by atoms with van der Waals surface area (Å²) in [6, 6.07) is 3.58. The highest BCUT2D eigenvalue weighted by Gasteiger charge is 2.64. The number of hydrogen-bond donors (Lipinski definition) is 1. The van der Waals surface area contributed by atoms with Crippen molar-refractivity contribution in [3.63, 3.8) is 0 Å². The summed E-state index contributed by atoms with van der Waals surface area (Å²) in [6.07, 6.45) is -5.68. The van der Waals surface area contributed by atoms with Gasteiger partial charge in [0.05, 0.1) is 0 Å². The van der Waals surface area contributed by atoms with Gasteiger partial charge in [-0.15, -0.1) is 0 Å². The summed E-state index contributed by atoms with van der Waals surface area (Å²) < 4.78 is 52.6. The highest BCUT2D eigenvalue weighted by molar-refractivity contribution is 5.95. The van der Waals surface area contributed by atoms with E-state index in [2.05, 4.69) is 0 Å². The van der Waals surface area contributed by atoms with Gasteiger partial charge in [-0.25, -0.2) is 4.39 Å². The Morgan fingerprint density at radius 1 is 1.32 bits per heavy atom. The second-order valence-corrected chi connectivity index (χ2v) is 5.33. The smallest absolute Gasteiger partial charge is 0.406 e. The maximum Gasteiger partial charge on any atom is 0.406 e. The predicted octanol–water partition coefficient (Wildman–Crippen LogP) is 2.61. The van der Waals surface area contributed by atoms with E-state index in [9.17, 15) is 27.2 Å². The lowest BCUT2D eigenvalue weighted by molar-refractivity contribution is -0.227. The molecule has 1 heterocycles. The molecule has 1 saturated heterocycles. The number of benzene rings is 1. The van der Waals surface area contributed by atoms with Crippen LogP contribution in [0.3, 0.4) is 0 Å². The fourth-order valence-corrected chi connectivity index (χ4v) is 2.42. The zero-order chi connectivity index (χ0) is 16.7. The van der Waals surface area contributed by atoms with Crippen molar-refractivity contribution >= 4 is 11.9 Å². The Hall–Kier alpha value is -2.12. The van der Waals surface area contributed by atoms with E-state index < -0.39 is 42.3 Å². The van der Waals surface area contributed by atoms with Crippen LogP contribution in [-0.4, -0.2) is 41.1 Å². The van der Waals surface area contributed by atoms with E-state index in [1.165, 1.54) is 19.1 Å². The molecule has 0 bridgehead atoms. The number of aliphatic carboxylic acids is 1. The second-order valence-electron chi connectivity index (χ2n) is 5.33. The van der Waals surface area contributed by atoms with Gasteiger partial charge in [-0.05, 0) is 31.0 Å². The van der Waals surface area contributed by atoms with E-state index in [0.717, 1.165) is 11.0 Å². The molecule has 22 heavy (non-hydrogen) atoms. The molecule has 4 nitrogen and oxygen atoms in total. The maximum atomic E-state index is 13.5. The van der Waals surface area contributed by atoms with E-state index in [-0.39, 0.29) is 12.1 Å². The van der Waals surface area contributed by atoms with Gasteiger partial charge in [-0.1, -0.05) is 6.07 Å². The Bertz CT molecular complexity index is 629. The van der Waals surface area contributed by atoms with Gasteiger partial charge < -0.3 is 10.0 Å². The molecule has 1 amide bonds. The van der Waals surface area contributed by atoms with E-state index >= 15 is 0 Å². The first-order chi connectivity index (χ1) is 10.1. The average Bonchev–Trinajstić information content (AvgIpc) is 2.87. The molecule has 8 heteroatoms. The second kappa shape index (κ2) is 5.26. The van der Waals surface area contributed by atoms with E-state index in [0.29, 0.717) is 5.56 Å². The molecule has 0 radical (unpaired) electrons. The Morgan fingerprint density at radius 3 is 2.41 bits per heavy atom. The van der Waals surface area contributed by atoms with Crippen LogP contribution in [0.5, 0.6) is 0 Å². The van der Waals surface area contributed by atoms with Gasteiger partial charge in [-0.2, -0.15) is 13.2 Å². The molecule has 0 saturated carbocycles. The van der Waals surface area contributed by atoms with E-state index in [1.54, 1.807) is 0 Å². The first-order valence-electron chi connectivity index (χ1n) is 6.44. The molecule has 0 spiro atoms. The minimum Gasteiger partial charge on any atom is -0.481 e. The Balaban J connectivity index is 2.27. The summed E-state index contributed by atoms with van der Waals surface area (Å²) in [7, 11) is 0. The fraction of sp³-hybridized carbons (Fsp3) is 0.429. The van der Waals surface area contributed by atoms with Crippen molar-refractivity contribution in [1.29, 1.82) is 0 Å². The molecule has 1 aliphatic heterocycles. The molecule has 0 aliphatic carbocycles. The summed E-state index contributed by atoms with van der Waals surface area (Å²) in [4.78, 5) is 24.0. The first kappa shape index (κ1) is 16.3. The number of halogens is 4. The molecule has 1 unspecified atom stereocenters. The van der Waals surface area contributed by atoms with Gasteiger partial charge in [0.15, 0.2) is 5.41 Å². The van der Waals surface area contributed by atoms with Gasteiger partial charge in [0.1, 0.15) is 5.82 Å². The fourth-order valence-electron chi connectivity index (χ4n) is 2.42. The summed E-state index contributed by atoms with van der Waals surface area (Å²) in [5, 5.41) is 8.93. The highest BCUT2D eigenvalue weighted by atomic mass is 19.4. The van der Waals surface area contributed by atoms with Crippen molar-refractivity contribution in [3.05, 3.63) is 35.1 Å². The molecular weight excluding hydrogens is 306 g/mol. The molecule has 0 aromatic heterocycles.